The average molecular weight is 174 g/mol. The highest BCUT2D eigenvalue weighted by molar-refractivity contribution is 5.87. The third-order valence-electron chi connectivity index (χ3n) is 2.44. The SMILES string of the molecule is c1cc2c3c(n[nH]c3c1)CCCO2. The maximum atomic E-state index is 5.62. The highest BCUT2D eigenvalue weighted by Crippen LogP contribution is 2.29. The fourth-order valence-corrected chi connectivity index (χ4v) is 1.83. The summed E-state index contributed by atoms with van der Waals surface area (Å²) in [6, 6.07) is 6.03. The van der Waals surface area contributed by atoms with E-state index in [0.29, 0.717) is 0 Å². The first-order valence-electron chi connectivity index (χ1n) is 4.54. The number of aryl methyl sites for hydroxylation is 1. The van der Waals surface area contributed by atoms with Crippen molar-refractivity contribution in [3.63, 3.8) is 0 Å². The van der Waals surface area contributed by atoms with E-state index in [4.69, 9.17) is 4.74 Å². The van der Waals surface area contributed by atoms with Gasteiger partial charge in [-0.25, -0.2) is 0 Å². The van der Waals surface area contributed by atoms with Crippen LogP contribution in [-0.4, -0.2) is 16.8 Å². The van der Waals surface area contributed by atoms with Crippen molar-refractivity contribution >= 4 is 10.9 Å². The molecule has 0 unspecified atom stereocenters. The van der Waals surface area contributed by atoms with Crippen molar-refractivity contribution < 1.29 is 4.74 Å². The quantitative estimate of drug-likeness (QED) is 0.662. The molecule has 2 aromatic rings. The van der Waals surface area contributed by atoms with Crippen molar-refractivity contribution in [2.24, 2.45) is 0 Å². The number of ether oxygens (including phenoxy) is 1. The van der Waals surface area contributed by atoms with Crippen LogP contribution in [0, 0.1) is 0 Å². The molecule has 0 radical (unpaired) electrons. The number of aromatic nitrogens is 2. The van der Waals surface area contributed by atoms with Gasteiger partial charge >= 0.3 is 0 Å². The summed E-state index contributed by atoms with van der Waals surface area (Å²) in [5.74, 6) is 0.971. The molecule has 3 nitrogen and oxygen atoms in total. The lowest BCUT2D eigenvalue weighted by Crippen LogP contribution is -1.95. The van der Waals surface area contributed by atoms with Crippen LogP contribution in [0.15, 0.2) is 18.2 Å². The molecule has 0 atom stereocenters. The van der Waals surface area contributed by atoms with Gasteiger partial charge in [-0.2, -0.15) is 5.10 Å². The lowest BCUT2D eigenvalue weighted by molar-refractivity contribution is 0.319. The zero-order chi connectivity index (χ0) is 8.67. The minimum absolute atomic E-state index is 0.801. The van der Waals surface area contributed by atoms with Crippen LogP contribution in [0.2, 0.25) is 0 Å². The lowest BCUT2D eigenvalue weighted by Gasteiger charge is -2.02. The summed E-state index contributed by atoms with van der Waals surface area (Å²) in [6.45, 7) is 0.801. The Morgan fingerprint density at radius 2 is 2.38 bits per heavy atom. The molecule has 0 fully saturated rings. The summed E-state index contributed by atoms with van der Waals surface area (Å²) in [7, 11) is 0. The Hall–Kier alpha value is -1.51. The number of rotatable bonds is 0. The molecular weight excluding hydrogens is 164 g/mol. The predicted octanol–water partition coefficient (Wildman–Crippen LogP) is 1.89. The molecule has 1 aliphatic heterocycles. The average Bonchev–Trinajstić information content (AvgIpc) is 2.44. The molecule has 0 aliphatic carbocycles. The Bertz CT molecular complexity index is 447. The van der Waals surface area contributed by atoms with Crippen LogP contribution in [0.4, 0.5) is 0 Å². The molecule has 0 amide bonds. The molecular formula is C10H10N2O. The van der Waals surface area contributed by atoms with Crippen LogP contribution < -0.4 is 4.74 Å². The van der Waals surface area contributed by atoms with Gasteiger partial charge in [-0.3, -0.25) is 5.10 Å². The van der Waals surface area contributed by atoms with Gasteiger partial charge in [0, 0.05) is 0 Å². The van der Waals surface area contributed by atoms with E-state index in [1.54, 1.807) is 0 Å². The molecule has 2 heterocycles. The largest absolute Gasteiger partial charge is 0.493 e. The maximum absolute atomic E-state index is 5.62. The van der Waals surface area contributed by atoms with Gasteiger partial charge < -0.3 is 4.74 Å². The van der Waals surface area contributed by atoms with Crippen LogP contribution in [0.25, 0.3) is 10.9 Å². The van der Waals surface area contributed by atoms with E-state index in [1.165, 1.54) is 5.39 Å². The molecule has 0 saturated carbocycles. The number of benzene rings is 1. The van der Waals surface area contributed by atoms with Gasteiger partial charge in [-0.15, -0.1) is 0 Å². The van der Waals surface area contributed by atoms with E-state index in [-0.39, 0.29) is 0 Å². The highest BCUT2D eigenvalue weighted by atomic mass is 16.5. The van der Waals surface area contributed by atoms with Crippen molar-refractivity contribution in [1.82, 2.24) is 10.2 Å². The summed E-state index contributed by atoms with van der Waals surface area (Å²) in [5.41, 5.74) is 2.22. The van der Waals surface area contributed by atoms with E-state index in [2.05, 4.69) is 10.2 Å². The van der Waals surface area contributed by atoms with E-state index in [1.807, 2.05) is 18.2 Å². The molecule has 3 rings (SSSR count). The normalized spacial score (nSPS) is 15.4. The summed E-state index contributed by atoms with van der Waals surface area (Å²) >= 11 is 0. The van der Waals surface area contributed by atoms with E-state index in [0.717, 1.165) is 36.4 Å². The van der Waals surface area contributed by atoms with Crippen LogP contribution in [0.3, 0.4) is 0 Å². The molecule has 3 heteroatoms. The second kappa shape index (κ2) is 2.49. The topological polar surface area (TPSA) is 37.9 Å². The standard InChI is InChI=1S/C10H10N2O/c1-3-7-10-8(12-11-7)4-2-6-13-9(10)5-1/h1,3,5H,2,4,6H2,(H,11,12). The number of hydrogen-bond acceptors (Lipinski definition) is 2. The summed E-state index contributed by atoms with van der Waals surface area (Å²) < 4.78 is 5.62. The Morgan fingerprint density at radius 3 is 3.38 bits per heavy atom. The number of nitrogens with zero attached hydrogens (tertiary/aromatic N) is 1. The highest BCUT2D eigenvalue weighted by Gasteiger charge is 2.13. The second-order valence-corrected chi connectivity index (χ2v) is 3.30. The van der Waals surface area contributed by atoms with Crippen LogP contribution in [0.5, 0.6) is 5.75 Å². The molecule has 1 N–H and O–H groups in total. The third-order valence-corrected chi connectivity index (χ3v) is 2.44. The summed E-state index contributed by atoms with van der Waals surface area (Å²) in [6.07, 6.45) is 2.06. The van der Waals surface area contributed by atoms with E-state index >= 15 is 0 Å². The fourth-order valence-electron chi connectivity index (χ4n) is 1.83. The summed E-state index contributed by atoms with van der Waals surface area (Å²) in [5, 5.41) is 8.47. The number of aromatic amines is 1. The van der Waals surface area contributed by atoms with E-state index in [9.17, 15) is 0 Å². The van der Waals surface area contributed by atoms with Crippen molar-refractivity contribution in [2.75, 3.05) is 6.61 Å². The van der Waals surface area contributed by atoms with Gasteiger partial charge in [0.15, 0.2) is 0 Å². The number of hydrogen-bond donors (Lipinski definition) is 1. The molecule has 1 aromatic carbocycles. The van der Waals surface area contributed by atoms with Crippen LogP contribution in [0.1, 0.15) is 12.1 Å². The first-order valence-corrected chi connectivity index (χ1v) is 4.54. The van der Waals surface area contributed by atoms with Crippen molar-refractivity contribution in [1.29, 1.82) is 0 Å². The number of H-pyrrole nitrogens is 1. The van der Waals surface area contributed by atoms with Crippen molar-refractivity contribution in [3.8, 4) is 5.75 Å². The minimum Gasteiger partial charge on any atom is -0.493 e. The maximum Gasteiger partial charge on any atom is 0.130 e. The first-order chi connectivity index (χ1) is 6.45. The van der Waals surface area contributed by atoms with Gasteiger partial charge in [0.2, 0.25) is 0 Å². The fraction of sp³-hybridized carbons (Fsp3) is 0.300. The molecule has 66 valence electrons. The Kier molecular flexibility index (Phi) is 1.33. The molecule has 0 bridgehead atoms. The summed E-state index contributed by atoms with van der Waals surface area (Å²) in [4.78, 5) is 0. The molecule has 1 aromatic heterocycles. The smallest absolute Gasteiger partial charge is 0.130 e. The monoisotopic (exact) mass is 174 g/mol. The zero-order valence-corrected chi connectivity index (χ0v) is 7.21. The van der Waals surface area contributed by atoms with Gasteiger partial charge in [-0.05, 0) is 25.0 Å². The third kappa shape index (κ3) is 0.932. The predicted molar refractivity (Wildman–Crippen MR) is 49.9 cm³/mol. The van der Waals surface area contributed by atoms with Gasteiger partial charge in [0.05, 0.1) is 23.2 Å². The molecule has 13 heavy (non-hydrogen) atoms. The van der Waals surface area contributed by atoms with Gasteiger partial charge in [0.1, 0.15) is 5.75 Å². The molecule has 0 saturated heterocycles. The molecule has 1 aliphatic rings. The van der Waals surface area contributed by atoms with Gasteiger partial charge in [0.25, 0.3) is 0 Å². The van der Waals surface area contributed by atoms with E-state index < -0.39 is 0 Å². The van der Waals surface area contributed by atoms with Gasteiger partial charge in [-0.1, -0.05) is 6.07 Å². The number of nitrogens with one attached hydrogen (secondary N) is 1. The molecule has 0 spiro atoms. The van der Waals surface area contributed by atoms with Crippen LogP contribution >= 0.6 is 0 Å². The zero-order valence-electron chi connectivity index (χ0n) is 7.21. The van der Waals surface area contributed by atoms with Crippen molar-refractivity contribution in [2.45, 2.75) is 12.8 Å². The first kappa shape index (κ1) is 6.95. The Labute approximate surface area is 75.7 Å². The Balaban J connectivity index is 2.40. The lowest BCUT2D eigenvalue weighted by atomic mass is 10.1. The minimum atomic E-state index is 0.801. The Morgan fingerprint density at radius 1 is 1.38 bits per heavy atom. The van der Waals surface area contributed by atoms with Crippen LogP contribution in [-0.2, 0) is 6.42 Å². The van der Waals surface area contributed by atoms with Crippen molar-refractivity contribution in [3.05, 3.63) is 23.9 Å². The second-order valence-electron chi connectivity index (χ2n) is 3.30.